The van der Waals surface area contributed by atoms with Gasteiger partial charge in [-0.3, -0.25) is 0 Å². The Bertz CT molecular complexity index is 484. The third-order valence-corrected chi connectivity index (χ3v) is 4.84. The van der Waals surface area contributed by atoms with Crippen LogP contribution in [0.5, 0.6) is 0 Å². The molecule has 17 heavy (non-hydrogen) atoms. The molecule has 1 heterocycles. The van der Waals surface area contributed by atoms with Gasteiger partial charge in [0.15, 0.2) is 0 Å². The highest BCUT2D eigenvalue weighted by Crippen LogP contribution is 2.22. The molecule has 1 aromatic carbocycles. The van der Waals surface area contributed by atoms with Gasteiger partial charge in [0, 0.05) is 25.9 Å². The van der Waals surface area contributed by atoms with Gasteiger partial charge in [0.1, 0.15) is 0 Å². The number of anilines is 1. The summed E-state index contributed by atoms with van der Waals surface area (Å²) in [4.78, 5) is 0.281. The van der Waals surface area contributed by atoms with Gasteiger partial charge >= 0.3 is 0 Å². The van der Waals surface area contributed by atoms with Crippen LogP contribution >= 0.6 is 0 Å². The van der Waals surface area contributed by atoms with Crippen LogP contribution in [0.4, 0.5) is 5.69 Å². The Labute approximate surface area is 101 Å². The Morgan fingerprint density at radius 2 is 2.00 bits per heavy atom. The molecule has 1 aliphatic heterocycles. The fourth-order valence-corrected chi connectivity index (χ4v) is 3.38. The molecule has 1 fully saturated rings. The average molecular weight is 256 g/mol. The number of sulfonamides is 1. The molecular formula is C11H16N2O3S. The number of methoxy groups -OCH3 is 1. The van der Waals surface area contributed by atoms with E-state index in [1.165, 1.54) is 16.4 Å². The first kappa shape index (κ1) is 12.3. The zero-order chi connectivity index (χ0) is 12.5. The summed E-state index contributed by atoms with van der Waals surface area (Å²) in [5, 5.41) is 0. The van der Waals surface area contributed by atoms with Crippen molar-refractivity contribution < 1.29 is 13.2 Å². The maximum Gasteiger partial charge on any atom is 0.243 e. The summed E-state index contributed by atoms with van der Waals surface area (Å²) < 4.78 is 31.1. The molecule has 2 rings (SSSR count). The summed E-state index contributed by atoms with van der Waals surface area (Å²) in [7, 11) is -1.80. The second kappa shape index (κ2) is 4.64. The van der Waals surface area contributed by atoms with E-state index >= 15 is 0 Å². The molecule has 0 bridgehead atoms. The second-order valence-corrected chi connectivity index (χ2v) is 6.02. The molecule has 0 aromatic heterocycles. The van der Waals surface area contributed by atoms with E-state index in [1.807, 2.05) is 0 Å². The lowest BCUT2D eigenvalue weighted by molar-refractivity contribution is 0.115. The maximum absolute atomic E-state index is 12.2. The van der Waals surface area contributed by atoms with Gasteiger partial charge in [0.05, 0.1) is 11.0 Å². The Hall–Kier alpha value is -1.11. The molecule has 0 amide bonds. The number of hydrogen-bond donors (Lipinski definition) is 1. The molecule has 6 heteroatoms. The summed E-state index contributed by atoms with van der Waals surface area (Å²) in [5.41, 5.74) is 6.09. The van der Waals surface area contributed by atoms with Crippen LogP contribution < -0.4 is 5.73 Å². The highest BCUT2D eigenvalue weighted by Gasteiger charge is 2.32. The van der Waals surface area contributed by atoms with Crippen LogP contribution in [-0.4, -0.2) is 39.0 Å². The van der Waals surface area contributed by atoms with E-state index in [4.69, 9.17) is 10.5 Å². The summed E-state index contributed by atoms with van der Waals surface area (Å²) in [6.07, 6.45) is 0.739. The van der Waals surface area contributed by atoms with Crippen LogP contribution in [-0.2, 0) is 14.8 Å². The SMILES string of the molecule is COC1CCN(S(=O)(=O)c2ccc(N)cc2)C1. The maximum atomic E-state index is 12.2. The van der Waals surface area contributed by atoms with Crippen LogP contribution in [0.1, 0.15) is 6.42 Å². The standard InChI is InChI=1S/C11H16N2O3S/c1-16-10-6-7-13(8-10)17(14,15)11-4-2-9(12)3-5-11/h2-5,10H,6-8,12H2,1H3. The van der Waals surface area contributed by atoms with Gasteiger partial charge in [-0.15, -0.1) is 0 Å². The number of rotatable bonds is 3. The van der Waals surface area contributed by atoms with Crippen molar-refractivity contribution in [3.05, 3.63) is 24.3 Å². The smallest absolute Gasteiger partial charge is 0.243 e. The van der Waals surface area contributed by atoms with Crippen molar-refractivity contribution >= 4 is 15.7 Å². The van der Waals surface area contributed by atoms with E-state index in [2.05, 4.69) is 0 Å². The van der Waals surface area contributed by atoms with Gasteiger partial charge in [-0.05, 0) is 30.7 Å². The van der Waals surface area contributed by atoms with Gasteiger partial charge < -0.3 is 10.5 Å². The lowest BCUT2D eigenvalue weighted by Gasteiger charge is -2.16. The highest BCUT2D eigenvalue weighted by atomic mass is 32.2. The zero-order valence-electron chi connectivity index (χ0n) is 9.67. The summed E-state index contributed by atoms with van der Waals surface area (Å²) >= 11 is 0. The minimum atomic E-state index is -3.40. The van der Waals surface area contributed by atoms with Crippen LogP contribution in [0.3, 0.4) is 0 Å². The summed E-state index contributed by atoms with van der Waals surface area (Å²) in [6.45, 7) is 0.925. The molecule has 94 valence electrons. The van der Waals surface area contributed by atoms with E-state index in [-0.39, 0.29) is 11.0 Å². The molecule has 1 aromatic rings. The number of ether oxygens (including phenoxy) is 1. The van der Waals surface area contributed by atoms with Crippen molar-refractivity contribution in [1.29, 1.82) is 0 Å². The predicted molar refractivity (Wildman–Crippen MR) is 65.0 cm³/mol. The van der Waals surface area contributed by atoms with Crippen LogP contribution in [0.2, 0.25) is 0 Å². The Morgan fingerprint density at radius 1 is 1.35 bits per heavy atom. The highest BCUT2D eigenvalue weighted by molar-refractivity contribution is 7.89. The Balaban J connectivity index is 2.22. The fourth-order valence-electron chi connectivity index (χ4n) is 1.90. The van der Waals surface area contributed by atoms with Crippen molar-refractivity contribution in [1.82, 2.24) is 4.31 Å². The van der Waals surface area contributed by atoms with E-state index in [0.717, 1.165) is 6.42 Å². The lowest BCUT2D eigenvalue weighted by Crippen LogP contribution is -2.30. The lowest BCUT2D eigenvalue weighted by atomic mass is 10.3. The minimum Gasteiger partial charge on any atom is -0.399 e. The van der Waals surface area contributed by atoms with Gasteiger partial charge in [-0.2, -0.15) is 4.31 Å². The molecule has 2 N–H and O–H groups in total. The van der Waals surface area contributed by atoms with Gasteiger partial charge in [0.25, 0.3) is 0 Å². The molecule has 0 spiro atoms. The first-order chi connectivity index (χ1) is 8.04. The van der Waals surface area contributed by atoms with E-state index in [0.29, 0.717) is 18.8 Å². The van der Waals surface area contributed by atoms with Crippen LogP contribution in [0, 0.1) is 0 Å². The van der Waals surface area contributed by atoms with Crippen molar-refractivity contribution in [3.63, 3.8) is 0 Å². The normalized spacial score (nSPS) is 21.8. The minimum absolute atomic E-state index is 0.00134. The third kappa shape index (κ3) is 2.43. The van der Waals surface area contributed by atoms with E-state index < -0.39 is 10.0 Å². The number of nitrogen functional groups attached to an aromatic ring is 1. The molecule has 5 nitrogen and oxygen atoms in total. The Morgan fingerprint density at radius 3 is 2.53 bits per heavy atom. The summed E-state index contributed by atoms with van der Waals surface area (Å²) in [5.74, 6) is 0. The summed E-state index contributed by atoms with van der Waals surface area (Å²) in [6, 6.07) is 6.25. The monoisotopic (exact) mass is 256 g/mol. The molecule has 1 aliphatic rings. The first-order valence-corrected chi connectivity index (χ1v) is 6.86. The predicted octanol–water partition coefficient (Wildman–Crippen LogP) is 0.678. The van der Waals surface area contributed by atoms with Crippen molar-refractivity contribution in [2.75, 3.05) is 25.9 Å². The number of nitrogens with zero attached hydrogens (tertiary/aromatic N) is 1. The third-order valence-electron chi connectivity index (χ3n) is 2.96. The molecule has 0 radical (unpaired) electrons. The molecule has 1 saturated heterocycles. The molecule has 0 saturated carbocycles. The number of benzene rings is 1. The first-order valence-electron chi connectivity index (χ1n) is 5.42. The van der Waals surface area contributed by atoms with Gasteiger partial charge in [-0.25, -0.2) is 8.42 Å². The van der Waals surface area contributed by atoms with E-state index in [1.54, 1.807) is 19.2 Å². The molecular weight excluding hydrogens is 240 g/mol. The van der Waals surface area contributed by atoms with Crippen LogP contribution in [0.15, 0.2) is 29.2 Å². The van der Waals surface area contributed by atoms with Crippen molar-refractivity contribution in [3.8, 4) is 0 Å². The van der Waals surface area contributed by atoms with Gasteiger partial charge in [0.2, 0.25) is 10.0 Å². The fraction of sp³-hybridized carbons (Fsp3) is 0.455. The van der Waals surface area contributed by atoms with E-state index in [9.17, 15) is 8.42 Å². The average Bonchev–Trinajstić information content (AvgIpc) is 2.78. The molecule has 1 atom stereocenters. The number of nitrogens with two attached hydrogens (primary N) is 1. The topological polar surface area (TPSA) is 72.6 Å². The zero-order valence-corrected chi connectivity index (χ0v) is 10.5. The van der Waals surface area contributed by atoms with Crippen molar-refractivity contribution in [2.45, 2.75) is 17.4 Å². The Kier molecular flexibility index (Phi) is 3.37. The largest absolute Gasteiger partial charge is 0.399 e. The van der Waals surface area contributed by atoms with Crippen molar-refractivity contribution in [2.24, 2.45) is 0 Å². The molecule has 0 aliphatic carbocycles. The second-order valence-electron chi connectivity index (χ2n) is 4.08. The quantitative estimate of drug-likeness (QED) is 0.807. The van der Waals surface area contributed by atoms with Gasteiger partial charge in [-0.1, -0.05) is 0 Å². The molecule has 1 unspecified atom stereocenters. The van der Waals surface area contributed by atoms with Crippen LogP contribution in [0.25, 0.3) is 0 Å². The number of hydrogen-bond acceptors (Lipinski definition) is 4.